The molecule has 4 aromatic rings. The number of aldehydes is 1. The summed E-state index contributed by atoms with van der Waals surface area (Å²) in [6.07, 6.45) is 1.53. The van der Waals surface area contributed by atoms with Crippen molar-refractivity contribution in [2.24, 2.45) is 7.05 Å². The number of aryl methyl sites for hydroxylation is 2. The number of carbonyl (C=O) groups is 1. The number of hydrogen-bond acceptors (Lipinski definition) is 5. The van der Waals surface area contributed by atoms with Gasteiger partial charge in [-0.2, -0.15) is 5.10 Å². The third-order valence-corrected chi connectivity index (χ3v) is 5.57. The fraction of sp³-hybridized carbons (Fsp3) is 0.182. The number of anilines is 1. The van der Waals surface area contributed by atoms with Gasteiger partial charge < -0.3 is 5.32 Å². The number of nitrogens with one attached hydrogen (secondary N) is 1. The van der Waals surface area contributed by atoms with Crippen molar-refractivity contribution in [3.8, 4) is 11.4 Å². The number of aromatic nitrogens is 4. The van der Waals surface area contributed by atoms with E-state index in [1.54, 1.807) is 28.9 Å². The first-order valence-electron chi connectivity index (χ1n) is 9.47. The van der Waals surface area contributed by atoms with Gasteiger partial charge in [-0.3, -0.25) is 4.79 Å². The lowest BCUT2D eigenvalue weighted by Crippen LogP contribution is -2.05. The van der Waals surface area contributed by atoms with Gasteiger partial charge in [-0.25, -0.2) is 19.0 Å². The Labute approximate surface area is 181 Å². The summed E-state index contributed by atoms with van der Waals surface area (Å²) < 4.78 is 15.7. The van der Waals surface area contributed by atoms with E-state index in [4.69, 9.17) is 9.97 Å². The number of rotatable bonds is 6. The first-order valence-corrected chi connectivity index (χ1v) is 10.3. The van der Waals surface area contributed by atoms with Gasteiger partial charge in [0.15, 0.2) is 17.8 Å². The molecule has 0 atom stereocenters. The van der Waals surface area contributed by atoms with Crippen LogP contribution in [0.4, 0.5) is 10.2 Å². The highest BCUT2D eigenvalue weighted by atomic mass is 79.9. The van der Waals surface area contributed by atoms with E-state index in [-0.39, 0.29) is 5.82 Å². The normalized spacial score (nSPS) is 11.1. The largest absolute Gasteiger partial charge is 0.365 e. The van der Waals surface area contributed by atoms with Crippen LogP contribution in [0.5, 0.6) is 0 Å². The van der Waals surface area contributed by atoms with Gasteiger partial charge >= 0.3 is 0 Å². The SMILES string of the molecule is CCc1nn(C)c2nc(-c3ccc(Br)c(C=O)c3)nc(NCc3ccc(F)cc3)c12. The molecule has 0 aliphatic heterocycles. The molecule has 152 valence electrons. The van der Waals surface area contributed by atoms with E-state index in [2.05, 4.69) is 26.3 Å². The van der Waals surface area contributed by atoms with E-state index in [0.29, 0.717) is 33.9 Å². The van der Waals surface area contributed by atoms with Gasteiger partial charge in [-0.1, -0.05) is 41.1 Å². The summed E-state index contributed by atoms with van der Waals surface area (Å²) in [5, 5.41) is 8.79. The lowest BCUT2D eigenvalue weighted by Gasteiger charge is -2.11. The van der Waals surface area contributed by atoms with Crippen molar-refractivity contribution in [2.45, 2.75) is 19.9 Å². The third-order valence-electron chi connectivity index (χ3n) is 4.85. The predicted molar refractivity (Wildman–Crippen MR) is 118 cm³/mol. The van der Waals surface area contributed by atoms with E-state index in [0.717, 1.165) is 34.9 Å². The van der Waals surface area contributed by atoms with Crippen LogP contribution >= 0.6 is 15.9 Å². The summed E-state index contributed by atoms with van der Waals surface area (Å²) in [6.45, 7) is 2.51. The van der Waals surface area contributed by atoms with Gasteiger partial charge in [0, 0.05) is 29.2 Å². The van der Waals surface area contributed by atoms with Gasteiger partial charge in [0.05, 0.1) is 11.1 Å². The predicted octanol–water partition coefficient (Wildman–Crippen LogP) is 4.92. The van der Waals surface area contributed by atoms with E-state index < -0.39 is 0 Å². The summed E-state index contributed by atoms with van der Waals surface area (Å²) in [7, 11) is 1.85. The maximum Gasteiger partial charge on any atom is 0.164 e. The fourth-order valence-electron chi connectivity index (χ4n) is 3.29. The van der Waals surface area contributed by atoms with Crippen LogP contribution in [0.15, 0.2) is 46.9 Å². The molecule has 6 nitrogen and oxygen atoms in total. The number of hydrogen-bond donors (Lipinski definition) is 1. The second-order valence-corrected chi connectivity index (χ2v) is 7.71. The molecular formula is C22H19BrFN5O. The molecule has 0 spiro atoms. The van der Waals surface area contributed by atoms with Gasteiger partial charge in [0.1, 0.15) is 11.6 Å². The lowest BCUT2D eigenvalue weighted by molar-refractivity contribution is 0.112. The molecule has 30 heavy (non-hydrogen) atoms. The van der Waals surface area contributed by atoms with Crippen LogP contribution in [0.25, 0.3) is 22.4 Å². The third kappa shape index (κ3) is 3.82. The number of halogens is 2. The Kier molecular flexibility index (Phi) is 5.59. The zero-order valence-corrected chi connectivity index (χ0v) is 18.1. The Morgan fingerprint density at radius 2 is 1.93 bits per heavy atom. The topological polar surface area (TPSA) is 72.7 Å². The Balaban J connectivity index is 1.82. The molecule has 4 rings (SSSR count). The maximum atomic E-state index is 13.2. The summed E-state index contributed by atoms with van der Waals surface area (Å²) in [4.78, 5) is 20.8. The summed E-state index contributed by atoms with van der Waals surface area (Å²) in [5.41, 5.74) is 3.78. The quantitative estimate of drug-likeness (QED) is 0.407. The molecule has 0 aliphatic rings. The number of carbonyl (C=O) groups excluding carboxylic acids is 1. The number of benzene rings is 2. The van der Waals surface area contributed by atoms with Crippen LogP contribution in [-0.4, -0.2) is 26.0 Å². The summed E-state index contributed by atoms with van der Waals surface area (Å²) >= 11 is 3.37. The standard InChI is InChI=1S/C22H19BrFN5O/c1-3-18-19-21(25-11-13-4-7-16(24)8-5-13)26-20(27-22(19)29(2)28-18)14-6-9-17(23)15(10-14)12-30/h4-10,12H,3,11H2,1-2H3,(H,25,26,27). The van der Waals surface area contributed by atoms with Gasteiger partial charge in [0.25, 0.3) is 0 Å². The van der Waals surface area contributed by atoms with Crippen molar-refractivity contribution in [3.05, 3.63) is 69.6 Å². The second-order valence-electron chi connectivity index (χ2n) is 6.85. The zero-order chi connectivity index (χ0) is 21.3. The number of fused-ring (bicyclic) bond motifs is 1. The van der Waals surface area contributed by atoms with Crippen LogP contribution in [0.1, 0.15) is 28.5 Å². The smallest absolute Gasteiger partial charge is 0.164 e. The van der Waals surface area contributed by atoms with Crippen molar-refractivity contribution in [1.29, 1.82) is 0 Å². The highest BCUT2D eigenvalue weighted by Crippen LogP contribution is 2.29. The molecule has 1 N–H and O–H groups in total. The minimum Gasteiger partial charge on any atom is -0.365 e. The first-order chi connectivity index (χ1) is 14.5. The number of nitrogens with zero attached hydrogens (tertiary/aromatic N) is 4. The highest BCUT2D eigenvalue weighted by Gasteiger charge is 2.18. The molecule has 0 unspecified atom stereocenters. The Morgan fingerprint density at radius 1 is 1.17 bits per heavy atom. The molecule has 2 aromatic carbocycles. The average Bonchev–Trinajstić information content (AvgIpc) is 3.09. The average molecular weight is 468 g/mol. The summed E-state index contributed by atoms with van der Waals surface area (Å²) in [5.74, 6) is 0.873. The lowest BCUT2D eigenvalue weighted by atomic mass is 10.1. The van der Waals surface area contributed by atoms with E-state index in [1.165, 1.54) is 12.1 Å². The molecule has 0 saturated carbocycles. The Hall–Kier alpha value is -3.13. The van der Waals surface area contributed by atoms with Gasteiger partial charge in [0.2, 0.25) is 0 Å². The molecule has 0 bridgehead atoms. The molecule has 0 fully saturated rings. The minimum atomic E-state index is -0.271. The van der Waals surface area contributed by atoms with Crippen molar-refractivity contribution in [2.75, 3.05) is 5.32 Å². The second kappa shape index (κ2) is 8.31. The van der Waals surface area contributed by atoms with Crippen molar-refractivity contribution in [1.82, 2.24) is 19.7 Å². The Bertz CT molecular complexity index is 1240. The monoisotopic (exact) mass is 467 g/mol. The molecule has 0 amide bonds. The molecular weight excluding hydrogens is 449 g/mol. The van der Waals surface area contributed by atoms with E-state index >= 15 is 0 Å². The first kappa shape index (κ1) is 20.2. The maximum absolute atomic E-state index is 13.2. The molecule has 0 aliphatic carbocycles. The molecule has 2 aromatic heterocycles. The van der Waals surface area contributed by atoms with E-state index in [1.807, 2.05) is 20.0 Å². The van der Waals surface area contributed by atoms with Crippen molar-refractivity contribution >= 4 is 39.1 Å². The zero-order valence-electron chi connectivity index (χ0n) is 16.5. The fourth-order valence-corrected chi connectivity index (χ4v) is 3.63. The van der Waals surface area contributed by atoms with Crippen molar-refractivity contribution in [3.63, 3.8) is 0 Å². The van der Waals surface area contributed by atoms with Gasteiger partial charge in [-0.05, 0) is 36.2 Å². The molecule has 0 radical (unpaired) electrons. The van der Waals surface area contributed by atoms with E-state index in [9.17, 15) is 9.18 Å². The molecule has 2 heterocycles. The van der Waals surface area contributed by atoms with Crippen LogP contribution in [0, 0.1) is 5.82 Å². The van der Waals surface area contributed by atoms with Crippen LogP contribution in [-0.2, 0) is 20.0 Å². The molecule has 0 saturated heterocycles. The van der Waals surface area contributed by atoms with Crippen LogP contribution < -0.4 is 5.32 Å². The van der Waals surface area contributed by atoms with Crippen molar-refractivity contribution < 1.29 is 9.18 Å². The van der Waals surface area contributed by atoms with Gasteiger partial charge in [-0.15, -0.1) is 0 Å². The molecule has 8 heteroatoms. The highest BCUT2D eigenvalue weighted by molar-refractivity contribution is 9.10. The Morgan fingerprint density at radius 3 is 2.63 bits per heavy atom. The summed E-state index contributed by atoms with van der Waals surface area (Å²) in [6, 6.07) is 11.7. The van der Waals surface area contributed by atoms with Crippen LogP contribution in [0.3, 0.4) is 0 Å². The van der Waals surface area contributed by atoms with Crippen LogP contribution in [0.2, 0.25) is 0 Å². The minimum absolute atomic E-state index is 0.271.